The van der Waals surface area contributed by atoms with Crippen LogP contribution in [-0.4, -0.2) is 37.5 Å². The Morgan fingerprint density at radius 3 is 2.32 bits per heavy atom. The van der Waals surface area contributed by atoms with Crippen LogP contribution in [-0.2, 0) is 14.6 Å². The van der Waals surface area contributed by atoms with E-state index in [1.807, 2.05) is 13.0 Å². The fraction of sp³-hybridized carbons (Fsp3) is 0.263. The van der Waals surface area contributed by atoms with Crippen molar-refractivity contribution in [1.29, 1.82) is 0 Å². The highest BCUT2D eigenvalue weighted by Crippen LogP contribution is 2.25. The first-order chi connectivity index (χ1) is 12.9. The van der Waals surface area contributed by atoms with Gasteiger partial charge in [-0.15, -0.1) is 0 Å². The molecule has 0 amide bonds. The van der Waals surface area contributed by atoms with Crippen LogP contribution < -0.4 is 0 Å². The molecule has 0 saturated carbocycles. The quantitative estimate of drug-likeness (QED) is 0.313. The molecule has 1 atom stereocenters. The fourth-order valence-electron chi connectivity index (χ4n) is 2.60. The van der Waals surface area contributed by atoms with Crippen molar-refractivity contribution in [2.24, 2.45) is 0 Å². The second kappa shape index (κ2) is 7.89. The van der Waals surface area contributed by atoms with E-state index in [1.165, 1.54) is 6.92 Å². The lowest BCUT2D eigenvalue weighted by atomic mass is 9.99. The Labute approximate surface area is 162 Å². The van der Waals surface area contributed by atoms with Gasteiger partial charge in [0.15, 0.2) is 15.9 Å². The topological polar surface area (TPSA) is 121 Å². The largest absolute Gasteiger partial charge is 0.451 e. The van der Waals surface area contributed by atoms with Gasteiger partial charge in [0, 0.05) is 17.9 Å². The average molecular weight is 405 g/mol. The van der Waals surface area contributed by atoms with Crippen molar-refractivity contribution in [3.8, 4) is 0 Å². The van der Waals surface area contributed by atoms with Crippen LogP contribution in [0.5, 0.6) is 0 Å². The van der Waals surface area contributed by atoms with Crippen LogP contribution in [0.4, 0.5) is 5.69 Å². The minimum atomic E-state index is -3.85. The highest BCUT2D eigenvalue weighted by Gasteiger charge is 2.26. The van der Waals surface area contributed by atoms with Crippen molar-refractivity contribution in [2.45, 2.75) is 31.8 Å². The van der Waals surface area contributed by atoms with E-state index in [1.54, 1.807) is 19.1 Å². The van der Waals surface area contributed by atoms with Crippen molar-refractivity contribution in [1.82, 2.24) is 0 Å². The van der Waals surface area contributed by atoms with E-state index in [0.717, 1.165) is 35.6 Å². The Hall–Kier alpha value is -3.07. The van der Waals surface area contributed by atoms with Crippen LogP contribution in [0.3, 0.4) is 0 Å². The van der Waals surface area contributed by atoms with Gasteiger partial charge in [-0.1, -0.05) is 17.7 Å². The van der Waals surface area contributed by atoms with E-state index in [0.29, 0.717) is 5.56 Å². The smallest absolute Gasteiger partial charge is 0.339 e. The summed E-state index contributed by atoms with van der Waals surface area (Å²) in [4.78, 5) is 34.7. The van der Waals surface area contributed by atoms with E-state index < -0.39 is 43.2 Å². The Morgan fingerprint density at radius 1 is 1.11 bits per heavy atom. The summed E-state index contributed by atoms with van der Waals surface area (Å²) in [7, 11) is -3.85. The monoisotopic (exact) mass is 405 g/mol. The zero-order valence-electron chi connectivity index (χ0n) is 15.8. The highest BCUT2D eigenvalue weighted by molar-refractivity contribution is 7.90. The summed E-state index contributed by atoms with van der Waals surface area (Å²) < 4.78 is 28.5. The van der Waals surface area contributed by atoms with E-state index in [9.17, 15) is 28.1 Å². The fourth-order valence-corrected chi connectivity index (χ4v) is 3.43. The van der Waals surface area contributed by atoms with Crippen LogP contribution in [0.2, 0.25) is 0 Å². The van der Waals surface area contributed by atoms with Crippen molar-refractivity contribution in [3.63, 3.8) is 0 Å². The molecule has 0 aliphatic carbocycles. The molecule has 0 saturated heterocycles. The lowest BCUT2D eigenvalue weighted by molar-refractivity contribution is -0.387. The van der Waals surface area contributed by atoms with E-state index >= 15 is 0 Å². The summed E-state index contributed by atoms with van der Waals surface area (Å²) in [5.74, 6) is -1.37. The number of sulfone groups is 1. The van der Waals surface area contributed by atoms with Crippen LogP contribution in [0, 0.1) is 24.0 Å². The number of rotatable bonds is 6. The van der Waals surface area contributed by atoms with Gasteiger partial charge in [0.1, 0.15) is 4.90 Å². The summed E-state index contributed by atoms with van der Waals surface area (Å²) >= 11 is 0. The number of nitro benzene ring substituents is 1. The maximum Gasteiger partial charge on any atom is 0.339 e. The van der Waals surface area contributed by atoms with E-state index in [2.05, 4.69) is 0 Å². The lowest BCUT2D eigenvalue weighted by Crippen LogP contribution is -2.25. The van der Waals surface area contributed by atoms with Crippen molar-refractivity contribution >= 4 is 27.3 Å². The molecule has 0 unspecified atom stereocenters. The second-order valence-electron chi connectivity index (χ2n) is 6.44. The first kappa shape index (κ1) is 21.2. The van der Waals surface area contributed by atoms with Gasteiger partial charge in [0.25, 0.3) is 5.69 Å². The number of carbonyl (C=O) groups is 2. The number of ketones is 1. The number of esters is 1. The SMILES string of the molecule is Cc1ccc(C)c(C(=O)[C@H](C)OC(=O)c2ccc(S(C)(=O)=O)c([N+](=O)[O-])c2)c1. The normalized spacial score (nSPS) is 12.3. The summed E-state index contributed by atoms with van der Waals surface area (Å²) in [6.45, 7) is 4.99. The predicted molar refractivity (Wildman–Crippen MR) is 101 cm³/mol. The van der Waals surface area contributed by atoms with Gasteiger partial charge < -0.3 is 4.74 Å². The van der Waals surface area contributed by atoms with Crippen LogP contribution >= 0.6 is 0 Å². The molecule has 0 fully saturated rings. The average Bonchev–Trinajstić information content (AvgIpc) is 2.61. The van der Waals surface area contributed by atoms with Gasteiger partial charge >= 0.3 is 5.97 Å². The zero-order chi connectivity index (χ0) is 21.2. The first-order valence-corrected chi connectivity index (χ1v) is 10.1. The number of ether oxygens (including phenoxy) is 1. The summed E-state index contributed by atoms with van der Waals surface area (Å²) in [5.41, 5.74) is 1.06. The summed E-state index contributed by atoms with van der Waals surface area (Å²) in [6, 6.07) is 8.24. The number of nitrogens with zero attached hydrogens (tertiary/aromatic N) is 1. The minimum absolute atomic E-state index is 0.222. The van der Waals surface area contributed by atoms with Crippen molar-refractivity contribution < 1.29 is 27.7 Å². The Morgan fingerprint density at radius 2 is 1.75 bits per heavy atom. The number of carbonyl (C=O) groups excluding carboxylic acids is 2. The molecular formula is C19H19NO7S. The first-order valence-electron chi connectivity index (χ1n) is 8.22. The number of nitro groups is 1. The molecule has 2 aromatic carbocycles. The maximum absolute atomic E-state index is 12.6. The third kappa shape index (κ3) is 4.61. The Bertz CT molecular complexity index is 1070. The van der Waals surface area contributed by atoms with Gasteiger partial charge in [-0.05, 0) is 44.5 Å². The lowest BCUT2D eigenvalue weighted by Gasteiger charge is -2.14. The molecule has 0 bridgehead atoms. The van der Waals surface area contributed by atoms with Gasteiger partial charge in [0.2, 0.25) is 5.78 Å². The molecule has 9 heteroatoms. The third-order valence-electron chi connectivity index (χ3n) is 4.10. The number of hydrogen-bond acceptors (Lipinski definition) is 7. The van der Waals surface area contributed by atoms with Crippen LogP contribution in [0.1, 0.15) is 38.8 Å². The Kier molecular flexibility index (Phi) is 5.98. The summed E-state index contributed by atoms with van der Waals surface area (Å²) in [6.07, 6.45) is -0.292. The van der Waals surface area contributed by atoms with E-state index in [-0.39, 0.29) is 5.56 Å². The van der Waals surface area contributed by atoms with E-state index in [4.69, 9.17) is 4.74 Å². The van der Waals surface area contributed by atoms with Gasteiger partial charge in [-0.25, -0.2) is 13.2 Å². The van der Waals surface area contributed by atoms with Gasteiger partial charge in [-0.2, -0.15) is 0 Å². The molecule has 0 N–H and O–H groups in total. The van der Waals surface area contributed by atoms with Gasteiger partial charge in [-0.3, -0.25) is 14.9 Å². The number of benzene rings is 2. The highest BCUT2D eigenvalue weighted by atomic mass is 32.2. The van der Waals surface area contributed by atoms with Crippen molar-refractivity contribution in [2.75, 3.05) is 6.26 Å². The van der Waals surface area contributed by atoms with Crippen molar-refractivity contribution in [3.05, 3.63) is 68.8 Å². The Balaban J connectivity index is 2.29. The molecule has 0 aromatic heterocycles. The third-order valence-corrected chi connectivity index (χ3v) is 5.25. The molecule has 0 aliphatic rings. The molecule has 0 aliphatic heterocycles. The number of hydrogen-bond donors (Lipinski definition) is 0. The molecule has 148 valence electrons. The zero-order valence-corrected chi connectivity index (χ0v) is 16.6. The predicted octanol–water partition coefficient (Wildman–Crippen LogP) is 3.04. The molecular weight excluding hydrogens is 386 g/mol. The molecule has 8 nitrogen and oxygen atoms in total. The molecule has 0 heterocycles. The molecule has 0 radical (unpaired) electrons. The maximum atomic E-state index is 12.6. The molecule has 2 aromatic rings. The minimum Gasteiger partial charge on any atom is -0.451 e. The molecule has 28 heavy (non-hydrogen) atoms. The molecule has 2 rings (SSSR count). The van der Waals surface area contributed by atoms with Crippen LogP contribution in [0.15, 0.2) is 41.3 Å². The summed E-state index contributed by atoms with van der Waals surface area (Å²) in [5, 5.41) is 11.2. The van der Waals surface area contributed by atoms with Crippen LogP contribution in [0.25, 0.3) is 0 Å². The number of Topliss-reactive ketones (excluding diaryl/α,β-unsaturated/α-hetero) is 1. The molecule has 0 spiro atoms. The second-order valence-corrected chi connectivity index (χ2v) is 8.43. The van der Waals surface area contributed by atoms with Gasteiger partial charge in [0.05, 0.1) is 10.5 Å². The number of aryl methyl sites for hydroxylation is 2. The standard InChI is InChI=1S/C19H19NO7S/c1-11-5-6-12(2)15(9-11)18(21)13(3)27-19(22)14-7-8-17(28(4,25)26)16(10-14)20(23)24/h5-10,13H,1-4H3/t13-/m0/s1.